The van der Waals surface area contributed by atoms with Crippen molar-refractivity contribution in [3.63, 3.8) is 0 Å². The van der Waals surface area contributed by atoms with Crippen LogP contribution in [0.5, 0.6) is 5.75 Å². The molecule has 3 heteroatoms. The highest BCUT2D eigenvalue weighted by Crippen LogP contribution is 2.20. The number of likely N-dealkylation sites (tertiary alicyclic amines) is 1. The molecule has 0 aromatic heterocycles. The summed E-state index contributed by atoms with van der Waals surface area (Å²) in [5.74, 6) is 1.02. The Morgan fingerprint density at radius 1 is 1.24 bits per heavy atom. The Morgan fingerprint density at radius 3 is 2.62 bits per heavy atom. The number of ether oxygens (including phenoxy) is 1. The molecule has 3 nitrogen and oxygen atoms in total. The van der Waals surface area contributed by atoms with Crippen LogP contribution in [-0.2, 0) is 6.54 Å². The summed E-state index contributed by atoms with van der Waals surface area (Å²) in [7, 11) is 0. The Labute approximate surface area is 129 Å². The minimum atomic E-state index is 0.225. The third-order valence-electron chi connectivity index (χ3n) is 4.04. The number of para-hydroxylation sites is 1. The van der Waals surface area contributed by atoms with E-state index in [4.69, 9.17) is 4.74 Å². The topological polar surface area (TPSA) is 24.5 Å². The molecule has 1 aliphatic rings. The summed E-state index contributed by atoms with van der Waals surface area (Å²) in [6.07, 6.45) is 4.00. The molecule has 2 rings (SSSR count). The Morgan fingerprint density at radius 2 is 1.95 bits per heavy atom. The second kappa shape index (κ2) is 8.40. The molecule has 0 unspecified atom stereocenters. The molecule has 0 saturated carbocycles. The minimum Gasteiger partial charge on any atom is -0.491 e. The van der Waals surface area contributed by atoms with Gasteiger partial charge in [-0.1, -0.05) is 25.1 Å². The highest BCUT2D eigenvalue weighted by molar-refractivity contribution is 5.33. The van der Waals surface area contributed by atoms with Crippen molar-refractivity contribution in [1.29, 1.82) is 0 Å². The zero-order valence-electron chi connectivity index (χ0n) is 13.8. The lowest BCUT2D eigenvalue weighted by Crippen LogP contribution is -2.42. The van der Waals surface area contributed by atoms with E-state index in [1.54, 1.807) is 0 Å². The molecule has 1 saturated heterocycles. The Bertz CT molecular complexity index is 411. The number of nitrogens with zero attached hydrogens (tertiary/aromatic N) is 1. The van der Waals surface area contributed by atoms with Crippen LogP contribution in [-0.4, -0.2) is 36.7 Å². The second-order valence-electron chi connectivity index (χ2n) is 6.27. The molecule has 1 heterocycles. The van der Waals surface area contributed by atoms with Crippen LogP contribution in [0.4, 0.5) is 0 Å². The summed E-state index contributed by atoms with van der Waals surface area (Å²) in [6.45, 7) is 11.0. The average Bonchev–Trinajstić information content (AvgIpc) is 2.48. The van der Waals surface area contributed by atoms with Crippen LogP contribution in [0.3, 0.4) is 0 Å². The van der Waals surface area contributed by atoms with Crippen molar-refractivity contribution in [3.05, 3.63) is 29.8 Å². The van der Waals surface area contributed by atoms with Gasteiger partial charge < -0.3 is 15.0 Å². The van der Waals surface area contributed by atoms with E-state index in [0.29, 0.717) is 6.04 Å². The predicted octanol–water partition coefficient (Wildman–Crippen LogP) is 3.44. The van der Waals surface area contributed by atoms with Crippen LogP contribution >= 0.6 is 0 Å². The number of rotatable bonds is 7. The molecule has 0 aliphatic carbocycles. The molecule has 1 fully saturated rings. The average molecular weight is 290 g/mol. The van der Waals surface area contributed by atoms with E-state index < -0.39 is 0 Å². The molecule has 0 radical (unpaired) electrons. The monoisotopic (exact) mass is 290 g/mol. The summed E-state index contributed by atoms with van der Waals surface area (Å²) in [4.78, 5) is 2.58. The van der Waals surface area contributed by atoms with Crippen molar-refractivity contribution in [2.45, 2.75) is 58.7 Å². The number of benzene rings is 1. The summed E-state index contributed by atoms with van der Waals surface area (Å²) >= 11 is 0. The standard InChI is InChI=1S/C18H30N2O/c1-4-11-20-12-9-17(10-13-20)19-14-16-7-5-6-8-18(16)21-15(2)3/h5-8,15,17,19H,4,9-14H2,1-3H3. The van der Waals surface area contributed by atoms with Crippen molar-refractivity contribution in [3.8, 4) is 5.75 Å². The first-order valence-corrected chi connectivity index (χ1v) is 8.39. The smallest absolute Gasteiger partial charge is 0.124 e. The van der Waals surface area contributed by atoms with Gasteiger partial charge in [0.15, 0.2) is 0 Å². The van der Waals surface area contributed by atoms with Crippen LogP contribution in [0.1, 0.15) is 45.6 Å². The first kappa shape index (κ1) is 16.3. The van der Waals surface area contributed by atoms with Crippen molar-refractivity contribution >= 4 is 0 Å². The van der Waals surface area contributed by atoms with Crippen LogP contribution in [0.2, 0.25) is 0 Å². The molecule has 1 aromatic rings. The summed E-state index contributed by atoms with van der Waals surface area (Å²) in [5.41, 5.74) is 1.27. The zero-order chi connectivity index (χ0) is 15.1. The number of nitrogens with one attached hydrogen (secondary N) is 1. The lowest BCUT2D eigenvalue weighted by molar-refractivity contribution is 0.196. The summed E-state index contributed by atoms with van der Waals surface area (Å²) < 4.78 is 5.89. The first-order valence-electron chi connectivity index (χ1n) is 8.39. The minimum absolute atomic E-state index is 0.225. The van der Waals surface area contributed by atoms with Gasteiger partial charge in [0.2, 0.25) is 0 Å². The van der Waals surface area contributed by atoms with Gasteiger partial charge >= 0.3 is 0 Å². The van der Waals surface area contributed by atoms with E-state index in [1.807, 2.05) is 6.07 Å². The largest absolute Gasteiger partial charge is 0.491 e. The van der Waals surface area contributed by atoms with Gasteiger partial charge in [-0.2, -0.15) is 0 Å². The molecular formula is C18H30N2O. The van der Waals surface area contributed by atoms with Crippen LogP contribution in [0.15, 0.2) is 24.3 Å². The van der Waals surface area contributed by atoms with E-state index >= 15 is 0 Å². The zero-order valence-corrected chi connectivity index (χ0v) is 13.8. The third kappa shape index (κ3) is 5.33. The molecule has 1 N–H and O–H groups in total. The second-order valence-corrected chi connectivity index (χ2v) is 6.27. The van der Waals surface area contributed by atoms with E-state index in [9.17, 15) is 0 Å². The first-order chi connectivity index (χ1) is 10.2. The lowest BCUT2D eigenvalue weighted by Gasteiger charge is -2.32. The van der Waals surface area contributed by atoms with Crippen LogP contribution in [0, 0.1) is 0 Å². The van der Waals surface area contributed by atoms with Crippen LogP contribution in [0.25, 0.3) is 0 Å². The maximum absolute atomic E-state index is 5.89. The van der Waals surface area contributed by atoms with Crippen molar-refractivity contribution in [2.75, 3.05) is 19.6 Å². The van der Waals surface area contributed by atoms with Gasteiger partial charge in [-0.15, -0.1) is 0 Å². The van der Waals surface area contributed by atoms with Gasteiger partial charge in [0.1, 0.15) is 5.75 Å². The maximum Gasteiger partial charge on any atom is 0.124 e. The lowest BCUT2D eigenvalue weighted by atomic mass is 10.0. The van der Waals surface area contributed by atoms with Crippen LogP contribution < -0.4 is 10.1 Å². The number of piperidine rings is 1. The van der Waals surface area contributed by atoms with Gasteiger partial charge in [-0.3, -0.25) is 0 Å². The predicted molar refractivity (Wildman–Crippen MR) is 88.8 cm³/mol. The molecule has 1 aromatic carbocycles. The fraction of sp³-hybridized carbons (Fsp3) is 0.667. The molecule has 0 bridgehead atoms. The van der Waals surface area contributed by atoms with E-state index in [2.05, 4.69) is 49.2 Å². The van der Waals surface area contributed by atoms with E-state index in [1.165, 1.54) is 44.5 Å². The SMILES string of the molecule is CCCN1CCC(NCc2ccccc2OC(C)C)CC1. The van der Waals surface area contributed by atoms with Gasteiger partial charge in [0.25, 0.3) is 0 Å². The maximum atomic E-state index is 5.89. The van der Waals surface area contributed by atoms with Crippen molar-refractivity contribution in [2.24, 2.45) is 0 Å². The number of hydrogen-bond donors (Lipinski definition) is 1. The van der Waals surface area contributed by atoms with Crippen molar-refractivity contribution in [1.82, 2.24) is 10.2 Å². The molecule has 0 atom stereocenters. The van der Waals surface area contributed by atoms with Gasteiger partial charge in [0, 0.05) is 18.2 Å². The number of hydrogen-bond acceptors (Lipinski definition) is 3. The fourth-order valence-corrected chi connectivity index (χ4v) is 2.95. The molecular weight excluding hydrogens is 260 g/mol. The molecule has 0 spiro atoms. The van der Waals surface area contributed by atoms with Crippen molar-refractivity contribution < 1.29 is 4.74 Å². The quantitative estimate of drug-likeness (QED) is 0.832. The van der Waals surface area contributed by atoms with Gasteiger partial charge in [0.05, 0.1) is 6.10 Å². The van der Waals surface area contributed by atoms with E-state index in [-0.39, 0.29) is 6.10 Å². The fourth-order valence-electron chi connectivity index (χ4n) is 2.95. The molecule has 118 valence electrons. The van der Waals surface area contributed by atoms with E-state index in [0.717, 1.165) is 12.3 Å². The summed E-state index contributed by atoms with van der Waals surface area (Å²) in [6, 6.07) is 9.02. The molecule has 1 aliphatic heterocycles. The highest BCUT2D eigenvalue weighted by atomic mass is 16.5. The Balaban J connectivity index is 1.81. The Hall–Kier alpha value is -1.06. The normalized spacial score (nSPS) is 17.3. The molecule has 21 heavy (non-hydrogen) atoms. The van der Waals surface area contributed by atoms with Gasteiger partial charge in [-0.25, -0.2) is 0 Å². The summed E-state index contributed by atoms with van der Waals surface area (Å²) in [5, 5.41) is 3.71. The third-order valence-corrected chi connectivity index (χ3v) is 4.04. The Kier molecular flexibility index (Phi) is 6.52. The highest BCUT2D eigenvalue weighted by Gasteiger charge is 2.18. The molecule has 0 amide bonds. The van der Waals surface area contributed by atoms with Gasteiger partial charge in [-0.05, 0) is 58.8 Å².